The van der Waals surface area contributed by atoms with Crippen molar-refractivity contribution in [2.24, 2.45) is 5.92 Å². The molecule has 2 fully saturated rings. The molecule has 7 nitrogen and oxygen atoms in total. The van der Waals surface area contributed by atoms with Crippen molar-refractivity contribution in [3.05, 3.63) is 27.9 Å². The lowest BCUT2D eigenvalue weighted by atomic mass is 10.1. The SMILES string of the molecule is COC(=O)c1ccc([N+](=O)[O-])c(N2CC3CCC2C3)n1. The van der Waals surface area contributed by atoms with Gasteiger partial charge < -0.3 is 9.64 Å². The number of hydrogen-bond acceptors (Lipinski definition) is 6. The largest absolute Gasteiger partial charge is 0.464 e. The number of ether oxygens (including phenoxy) is 1. The summed E-state index contributed by atoms with van der Waals surface area (Å²) < 4.78 is 4.63. The zero-order chi connectivity index (χ0) is 14.3. The van der Waals surface area contributed by atoms with Crippen molar-refractivity contribution in [3.63, 3.8) is 0 Å². The molecule has 1 saturated carbocycles. The van der Waals surface area contributed by atoms with E-state index in [-0.39, 0.29) is 11.4 Å². The number of anilines is 1. The summed E-state index contributed by atoms with van der Waals surface area (Å²) in [7, 11) is 1.27. The van der Waals surface area contributed by atoms with Crippen molar-refractivity contribution in [2.45, 2.75) is 25.3 Å². The maximum absolute atomic E-state index is 11.5. The number of methoxy groups -OCH3 is 1. The van der Waals surface area contributed by atoms with E-state index in [0.29, 0.717) is 17.8 Å². The van der Waals surface area contributed by atoms with Crippen LogP contribution >= 0.6 is 0 Å². The molecule has 1 saturated heterocycles. The van der Waals surface area contributed by atoms with Crippen LogP contribution in [0, 0.1) is 16.0 Å². The van der Waals surface area contributed by atoms with E-state index in [1.165, 1.54) is 25.7 Å². The van der Waals surface area contributed by atoms with Gasteiger partial charge in [0.15, 0.2) is 5.69 Å². The summed E-state index contributed by atoms with van der Waals surface area (Å²) in [6.45, 7) is 0.781. The molecule has 1 aliphatic carbocycles. The molecule has 0 aromatic carbocycles. The van der Waals surface area contributed by atoms with E-state index < -0.39 is 10.9 Å². The molecule has 106 valence electrons. The van der Waals surface area contributed by atoms with Gasteiger partial charge in [-0.15, -0.1) is 0 Å². The third kappa shape index (κ3) is 1.99. The molecule has 20 heavy (non-hydrogen) atoms. The summed E-state index contributed by atoms with van der Waals surface area (Å²) in [5.74, 6) is 0.304. The zero-order valence-corrected chi connectivity index (χ0v) is 11.1. The maximum atomic E-state index is 11.5. The predicted molar refractivity (Wildman–Crippen MR) is 70.7 cm³/mol. The molecule has 2 aliphatic rings. The molecule has 0 radical (unpaired) electrons. The van der Waals surface area contributed by atoms with E-state index in [9.17, 15) is 14.9 Å². The van der Waals surface area contributed by atoms with E-state index >= 15 is 0 Å². The Balaban J connectivity index is 2.02. The summed E-state index contributed by atoms with van der Waals surface area (Å²) >= 11 is 0. The summed E-state index contributed by atoms with van der Waals surface area (Å²) in [6, 6.07) is 2.97. The summed E-state index contributed by atoms with van der Waals surface area (Å²) in [6.07, 6.45) is 3.26. The molecule has 2 bridgehead atoms. The minimum atomic E-state index is -0.578. The van der Waals surface area contributed by atoms with Gasteiger partial charge in [0, 0.05) is 18.7 Å². The average Bonchev–Trinajstić information content (AvgIpc) is 3.08. The fourth-order valence-corrected chi connectivity index (χ4v) is 3.20. The molecule has 0 N–H and O–H groups in total. The van der Waals surface area contributed by atoms with E-state index in [1.54, 1.807) is 0 Å². The highest BCUT2D eigenvalue weighted by atomic mass is 16.6. The number of piperidine rings is 1. The summed E-state index contributed by atoms with van der Waals surface area (Å²) in [5, 5.41) is 11.2. The molecule has 0 amide bonds. The van der Waals surface area contributed by atoms with Crippen LogP contribution in [0.4, 0.5) is 11.5 Å². The van der Waals surface area contributed by atoms with Gasteiger partial charge in [0.05, 0.1) is 12.0 Å². The monoisotopic (exact) mass is 277 g/mol. The molecule has 0 spiro atoms. The smallest absolute Gasteiger partial charge is 0.356 e. The Morgan fingerprint density at radius 1 is 1.50 bits per heavy atom. The lowest BCUT2D eigenvalue weighted by molar-refractivity contribution is -0.384. The highest BCUT2D eigenvalue weighted by molar-refractivity contribution is 5.88. The van der Waals surface area contributed by atoms with E-state index in [0.717, 1.165) is 19.4 Å². The number of aromatic nitrogens is 1. The number of rotatable bonds is 3. The Morgan fingerprint density at radius 2 is 2.30 bits per heavy atom. The van der Waals surface area contributed by atoms with E-state index in [4.69, 9.17) is 0 Å². The Morgan fingerprint density at radius 3 is 2.85 bits per heavy atom. The third-order valence-electron chi connectivity index (χ3n) is 4.13. The molecular weight excluding hydrogens is 262 g/mol. The van der Waals surface area contributed by atoms with Crippen LogP contribution in [0.1, 0.15) is 29.8 Å². The van der Waals surface area contributed by atoms with Crippen molar-refractivity contribution < 1.29 is 14.5 Å². The Bertz CT molecular complexity index is 575. The fourth-order valence-electron chi connectivity index (χ4n) is 3.20. The Hall–Kier alpha value is -2.18. The Kier molecular flexibility index (Phi) is 3.04. The van der Waals surface area contributed by atoms with Crippen LogP contribution in [-0.2, 0) is 4.74 Å². The van der Waals surface area contributed by atoms with Crippen molar-refractivity contribution >= 4 is 17.5 Å². The first-order chi connectivity index (χ1) is 9.60. The first kappa shape index (κ1) is 12.8. The van der Waals surface area contributed by atoms with Crippen molar-refractivity contribution in [3.8, 4) is 0 Å². The molecule has 2 unspecified atom stereocenters. The van der Waals surface area contributed by atoms with Crippen LogP contribution in [-0.4, -0.2) is 35.6 Å². The highest BCUT2D eigenvalue weighted by Gasteiger charge is 2.41. The van der Waals surface area contributed by atoms with Crippen molar-refractivity contribution in [1.82, 2.24) is 4.98 Å². The van der Waals surface area contributed by atoms with Gasteiger partial charge in [-0.1, -0.05) is 0 Å². The minimum absolute atomic E-state index is 0.0507. The number of esters is 1. The average molecular weight is 277 g/mol. The van der Waals surface area contributed by atoms with Gasteiger partial charge in [0.1, 0.15) is 0 Å². The normalized spacial score (nSPS) is 23.9. The first-order valence-electron chi connectivity index (χ1n) is 6.60. The van der Waals surface area contributed by atoms with Crippen molar-refractivity contribution in [1.29, 1.82) is 0 Å². The number of nitrogens with zero attached hydrogens (tertiary/aromatic N) is 3. The van der Waals surface area contributed by atoms with Crippen LogP contribution < -0.4 is 4.90 Å². The van der Waals surface area contributed by atoms with E-state index in [2.05, 4.69) is 9.72 Å². The molecule has 1 aliphatic heterocycles. The lowest BCUT2D eigenvalue weighted by Crippen LogP contribution is -2.33. The van der Waals surface area contributed by atoms with Gasteiger partial charge in [0.2, 0.25) is 5.82 Å². The summed E-state index contributed by atoms with van der Waals surface area (Å²) in [4.78, 5) is 28.4. The first-order valence-corrected chi connectivity index (χ1v) is 6.60. The predicted octanol–water partition coefficient (Wildman–Crippen LogP) is 1.77. The summed E-state index contributed by atoms with van der Waals surface area (Å²) in [5.41, 5.74) is 0.0566. The maximum Gasteiger partial charge on any atom is 0.356 e. The molecule has 3 rings (SSSR count). The quantitative estimate of drug-likeness (QED) is 0.475. The van der Waals surface area contributed by atoms with Crippen LogP contribution in [0.5, 0.6) is 0 Å². The molecular formula is C13H15N3O4. The molecule has 1 aromatic rings. The number of pyridine rings is 1. The van der Waals surface area contributed by atoms with Crippen LogP contribution in [0.25, 0.3) is 0 Å². The second kappa shape index (κ2) is 4.73. The molecule has 2 heterocycles. The Labute approximate surface area is 115 Å². The van der Waals surface area contributed by atoms with Gasteiger partial charge in [-0.3, -0.25) is 10.1 Å². The minimum Gasteiger partial charge on any atom is -0.464 e. The molecule has 7 heteroatoms. The number of carbonyl (C=O) groups is 1. The second-order valence-electron chi connectivity index (χ2n) is 5.27. The lowest BCUT2D eigenvalue weighted by Gasteiger charge is -2.27. The van der Waals surface area contributed by atoms with Gasteiger partial charge in [-0.25, -0.2) is 9.78 Å². The molecule has 2 atom stereocenters. The van der Waals surface area contributed by atoms with Gasteiger partial charge in [-0.2, -0.15) is 0 Å². The van der Waals surface area contributed by atoms with Gasteiger partial charge in [-0.05, 0) is 31.2 Å². The fraction of sp³-hybridized carbons (Fsp3) is 0.538. The third-order valence-corrected chi connectivity index (χ3v) is 4.13. The van der Waals surface area contributed by atoms with Crippen LogP contribution in [0.2, 0.25) is 0 Å². The zero-order valence-electron chi connectivity index (χ0n) is 11.1. The number of nitro groups is 1. The van der Waals surface area contributed by atoms with Crippen LogP contribution in [0.3, 0.4) is 0 Å². The van der Waals surface area contributed by atoms with Crippen LogP contribution in [0.15, 0.2) is 12.1 Å². The highest BCUT2D eigenvalue weighted by Crippen LogP contribution is 2.42. The number of carbonyl (C=O) groups excluding carboxylic acids is 1. The number of hydrogen-bond donors (Lipinski definition) is 0. The second-order valence-corrected chi connectivity index (χ2v) is 5.27. The van der Waals surface area contributed by atoms with Gasteiger partial charge >= 0.3 is 11.7 Å². The van der Waals surface area contributed by atoms with Crippen molar-refractivity contribution in [2.75, 3.05) is 18.6 Å². The molecule has 1 aromatic heterocycles. The van der Waals surface area contributed by atoms with E-state index in [1.807, 2.05) is 4.90 Å². The number of fused-ring (bicyclic) bond motifs is 2. The van der Waals surface area contributed by atoms with Gasteiger partial charge in [0.25, 0.3) is 0 Å². The standard InChI is InChI=1S/C13H15N3O4/c1-20-13(17)10-4-5-11(16(18)19)12(14-10)15-7-8-2-3-9(15)6-8/h4-5,8-9H,2-3,6-7H2,1H3. The topological polar surface area (TPSA) is 85.6 Å².